The first-order valence-electron chi connectivity index (χ1n) is 4.48. The van der Waals surface area contributed by atoms with Gasteiger partial charge in [0.15, 0.2) is 0 Å². The fourth-order valence-corrected chi connectivity index (χ4v) is 1.22. The summed E-state index contributed by atoms with van der Waals surface area (Å²) in [7, 11) is 0. The molecule has 0 radical (unpaired) electrons. The summed E-state index contributed by atoms with van der Waals surface area (Å²) in [4.78, 5) is 15.3. The second-order valence-corrected chi connectivity index (χ2v) is 3.11. The first-order chi connectivity index (χ1) is 8.00. The van der Waals surface area contributed by atoms with Crippen LogP contribution in [0.1, 0.15) is 21.8 Å². The van der Waals surface area contributed by atoms with Gasteiger partial charge in [-0.3, -0.25) is 9.78 Å². The highest BCUT2D eigenvalue weighted by Gasteiger charge is 2.39. The summed E-state index contributed by atoms with van der Waals surface area (Å²) in [5.41, 5.74) is -1.33. The van der Waals surface area contributed by atoms with Crippen LogP contribution in [0.2, 0.25) is 0 Å². The summed E-state index contributed by atoms with van der Waals surface area (Å²) in [6.45, 7) is 0. The van der Waals surface area contributed by atoms with Gasteiger partial charge in [0.05, 0.1) is 6.20 Å². The van der Waals surface area contributed by atoms with Crippen LogP contribution in [0.4, 0.5) is 13.2 Å². The number of hydrogen-bond acceptors (Lipinski definition) is 4. The van der Waals surface area contributed by atoms with Gasteiger partial charge in [-0.25, -0.2) is 0 Å². The highest BCUT2D eigenvalue weighted by Crippen LogP contribution is 2.32. The van der Waals surface area contributed by atoms with E-state index in [0.717, 1.165) is 0 Å². The van der Waals surface area contributed by atoms with Crippen LogP contribution >= 0.6 is 0 Å². The van der Waals surface area contributed by atoms with Crippen molar-refractivity contribution in [3.8, 4) is 0 Å². The number of rotatable bonds is 2. The SMILES string of the molecule is O=C(c1ccccn1)c1oncc1C(F)(F)F. The third-order valence-corrected chi connectivity index (χ3v) is 1.98. The zero-order chi connectivity index (χ0) is 12.5. The van der Waals surface area contributed by atoms with Gasteiger partial charge < -0.3 is 4.52 Å². The van der Waals surface area contributed by atoms with Gasteiger partial charge in [0, 0.05) is 6.20 Å². The zero-order valence-corrected chi connectivity index (χ0v) is 8.23. The topological polar surface area (TPSA) is 56.0 Å². The lowest BCUT2D eigenvalue weighted by molar-refractivity contribution is -0.138. The summed E-state index contributed by atoms with van der Waals surface area (Å²) in [5, 5.41) is 2.99. The molecule has 2 aromatic rings. The van der Waals surface area contributed by atoms with Crippen molar-refractivity contribution in [3.05, 3.63) is 47.6 Å². The molecule has 0 saturated carbocycles. The van der Waals surface area contributed by atoms with Crippen LogP contribution in [0.5, 0.6) is 0 Å². The number of ketones is 1. The van der Waals surface area contributed by atoms with Gasteiger partial charge in [-0.05, 0) is 12.1 Å². The molecule has 0 aliphatic rings. The number of nitrogens with zero attached hydrogens (tertiary/aromatic N) is 2. The minimum Gasteiger partial charge on any atom is -0.352 e. The standard InChI is InChI=1S/C10H5F3N2O2/c11-10(12,13)6-5-15-17-9(6)8(16)7-3-1-2-4-14-7/h1-5H. The first kappa shape index (κ1) is 11.3. The first-order valence-corrected chi connectivity index (χ1v) is 4.48. The largest absolute Gasteiger partial charge is 0.421 e. The van der Waals surface area contributed by atoms with Gasteiger partial charge in [0.1, 0.15) is 11.3 Å². The molecule has 4 nitrogen and oxygen atoms in total. The Bertz CT molecular complexity index is 534. The number of alkyl halides is 3. The maximum atomic E-state index is 12.5. The number of halogens is 3. The Morgan fingerprint density at radius 1 is 1.29 bits per heavy atom. The van der Waals surface area contributed by atoms with Gasteiger partial charge in [-0.1, -0.05) is 11.2 Å². The fourth-order valence-electron chi connectivity index (χ4n) is 1.22. The molecular formula is C10H5F3N2O2. The van der Waals surface area contributed by atoms with Gasteiger partial charge in [-0.15, -0.1) is 0 Å². The van der Waals surface area contributed by atoms with Crippen molar-refractivity contribution in [1.29, 1.82) is 0 Å². The fraction of sp³-hybridized carbons (Fsp3) is 0.100. The highest BCUT2D eigenvalue weighted by molar-refractivity contribution is 6.06. The lowest BCUT2D eigenvalue weighted by Crippen LogP contribution is -2.12. The monoisotopic (exact) mass is 242 g/mol. The average molecular weight is 242 g/mol. The molecule has 0 amide bonds. The Kier molecular flexibility index (Phi) is 2.66. The van der Waals surface area contributed by atoms with E-state index < -0.39 is 23.3 Å². The van der Waals surface area contributed by atoms with E-state index >= 15 is 0 Å². The normalized spacial score (nSPS) is 11.5. The molecule has 2 rings (SSSR count). The molecule has 0 aliphatic heterocycles. The minimum absolute atomic E-state index is 0.130. The predicted molar refractivity (Wildman–Crippen MR) is 49.2 cm³/mol. The molecule has 0 N–H and O–H groups in total. The minimum atomic E-state index is -4.68. The summed E-state index contributed by atoms with van der Waals surface area (Å²) in [5.74, 6) is -1.80. The quantitative estimate of drug-likeness (QED) is 0.758. The molecule has 0 unspecified atom stereocenters. The molecule has 0 aromatic carbocycles. The second kappa shape index (κ2) is 4.00. The number of carbonyl (C=O) groups is 1. The van der Waals surface area contributed by atoms with Crippen molar-refractivity contribution in [2.45, 2.75) is 6.18 Å². The van der Waals surface area contributed by atoms with E-state index in [2.05, 4.69) is 14.7 Å². The molecule has 88 valence electrons. The van der Waals surface area contributed by atoms with Gasteiger partial charge in [-0.2, -0.15) is 13.2 Å². The zero-order valence-electron chi connectivity index (χ0n) is 8.23. The van der Waals surface area contributed by atoms with Gasteiger partial charge in [0.25, 0.3) is 0 Å². The molecule has 7 heteroatoms. The molecule has 0 bridgehead atoms. The van der Waals surface area contributed by atoms with Gasteiger partial charge in [0.2, 0.25) is 11.5 Å². The maximum absolute atomic E-state index is 12.5. The van der Waals surface area contributed by atoms with Crippen molar-refractivity contribution in [1.82, 2.24) is 10.1 Å². The van der Waals surface area contributed by atoms with E-state index in [9.17, 15) is 18.0 Å². The van der Waals surface area contributed by atoms with Crippen LogP contribution in [0.3, 0.4) is 0 Å². The van der Waals surface area contributed by atoms with Gasteiger partial charge >= 0.3 is 6.18 Å². The summed E-state index contributed by atoms with van der Waals surface area (Å²) >= 11 is 0. The van der Waals surface area contributed by atoms with E-state index in [-0.39, 0.29) is 5.69 Å². The van der Waals surface area contributed by atoms with Crippen LogP contribution in [-0.2, 0) is 6.18 Å². The van der Waals surface area contributed by atoms with E-state index in [1.54, 1.807) is 6.07 Å². The third kappa shape index (κ3) is 2.17. The molecular weight excluding hydrogens is 237 g/mol. The van der Waals surface area contributed by atoms with Crippen LogP contribution in [0.25, 0.3) is 0 Å². The van der Waals surface area contributed by atoms with Crippen molar-refractivity contribution in [2.75, 3.05) is 0 Å². The molecule has 0 fully saturated rings. The Balaban J connectivity index is 2.43. The third-order valence-electron chi connectivity index (χ3n) is 1.98. The number of pyridine rings is 1. The summed E-state index contributed by atoms with van der Waals surface area (Å²) < 4.78 is 41.8. The molecule has 2 aromatic heterocycles. The molecule has 0 aliphatic carbocycles. The smallest absolute Gasteiger partial charge is 0.352 e. The van der Waals surface area contributed by atoms with Crippen molar-refractivity contribution in [2.24, 2.45) is 0 Å². The van der Waals surface area contributed by atoms with Crippen LogP contribution in [0.15, 0.2) is 35.1 Å². The summed E-state index contributed by atoms with van der Waals surface area (Å²) in [6, 6.07) is 4.33. The van der Waals surface area contributed by atoms with E-state index in [1.165, 1.54) is 18.3 Å². The van der Waals surface area contributed by atoms with Crippen LogP contribution < -0.4 is 0 Å². The number of aromatic nitrogens is 2. The lowest BCUT2D eigenvalue weighted by Gasteiger charge is -2.03. The Labute approximate surface area is 93.1 Å². The highest BCUT2D eigenvalue weighted by atomic mass is 19.4. The second-order valence-electron chi connectivity index (χ2n) is 3.11. The molecule has 0 saturated heterocycles. The van der Waals surface area contributed by atoms with Crippen molar-refractivity contribution in [3.63, 3.8) is 0 Å². The lowest BCUT2D eigenvalue weighted by atomic mass is 10.1. The maximum Gasteiger partial charge on any atom is 0.421 e. The van der Waals surface area contributed by atoms with E-state index in [1.807, 2.05) is 0 Å². The number of hydrogen-bond donors (Lipinski definition) is 0. The van der Waals surface area contributed by atoms with Crippen molar-refractivity contribution >= 4 is 5.78 Å². The van der Waals surface area contributed by atoms with Crippen LogP contribution in [0, 0.1) is 0 Å². The molecule has 0 spiro atoms. The summed E-state index contributed by atoms with van der Waals surface area (Å²) in [6.07, 6.45) is -2.91. The number of carbonyl (C=O) groups excluding carboxylic acids is 1. The molecule has 2 heterocycles. The Morgan fingerprint density at radius 3 is 2.65 bits per heavy atom. The average Bonchev–Trinajstić information content (AvgIpc) is 2.78. The molecule has 0 atom stereocenters. The van der Waals surface area contributed by atoms with E-state index in [0.29, 0.717) is 6.20 Å². The van der Waals surface area contributed by atoms with Crippen LogP contribution in [-0.4, -0.2) is 15.9 Å². The molecule has 17 heavy (non-hydrogen) atoms. The Morgan fingerprint density at radius 2 is 2.06 bits per heavy atom. The van der Waals surface area contributed by atoms with Crippen molar-refractivity contribution < 1.29 is 22.5 Å². The van der Waals surface area contributed by atoms with E-state index in [4.69, 9.17) is 0 Å². The Hall–Kier alpha value is -2.18. The predicted octanol–water partition coefficient (Wildman–Crippen LogP) is 2.32.